The third kappa shape index (κ3) is 2.68. The minimum Gasteiger partial charge on any atom is -0.370 e. The Morgan fingerprint density at radius 2 is 2.15 bits per heavy atom. The van der Waals surface area contributed by atoms with Crippen LogP contribution >= 0.6 is 15.9 Å². The highest BCUT2D eigenvalue weighted by Crippen LogP contribution is 2.28. The maximum Gasteiger partial charge on any atom is 0.180 e. The van der Waals surface area contributed by atoms with Gasteiger partial charge in [-0.25, -0.2) is 9.97 Å². The molecule has 0 aliphatic heterocycles. The number of fused-ring (bicyclic) bond motifs is 1. The predicted molar refractivity (Wildman–Crippen MR) is 83.8 cm³/mol. The molecule has 5 heteroatoms. The van der Waals surface area contributed by atoms with Crippen LogP contribution in [0.4, 0.5) is 5.82 Å². The first-order valence-electron chi connectivity index (χ1n) is 7.03. The highest BCUT2D eigenvalue weighted by Gasteiger charge is 2.19. The molecule has 0 unspecified atom stereocenters. The van der Waals surface area contributed by atoms with Crippen molar-refractivity contribution in [1.82, 2.24) is 15.0 Å². The van der Waals surface area contributed by atoms with Crippen LogP contribution in [0.15, 0.2) is 22.8 Å². The van der Waals surface area contributed by atoms with Crippen molar-refractivity contribution < 1.29 is 0 Å². The summed E-state index contributed by atoms with van der Waals surface area (Å²) >= 11 is 3.40. The van der Waals surface area contributed by atoms with Crippen LogP contribution in [0.1, 0.15) is 31.0 Å². The summed E-state index contributed by atoms with van der Waals surface area (Å²) in [6.45, 7) is 3.10. The number of nitrogens with zero attached hydrogens (tertiary/aromatic N) is 3. The third-order valence-electron chi connectivity index (χ3n) is 3.43. The van der Waals surface area contributed by atoms with E-state index in [1.807, 2.05) is 12.1 Å². The summed E-state index contributed by atoms with van der Waals surface area (Å²) in [7, 11) is 0. The van der Waals surface area contributed by atoms with Gasteiger partial charge in [0.1, 0.15) is 11.5 Å². The van der Waals surface area contributed by atoms with Gasteiger partial charge in [0.15, 0.2) is 5.82 Å². The van der Waals surface area contributed by atoms with Crippen molar-refractivity contribution in [2.75, 3.05) is 11.9 Å². The smallest absolute Gasteiger partial charge is 0.180 e. The second-order valence-electron chi connectivity index (χ2n) is 4.96. The van der Waals surface area contributed by atoms with Crippen LogP contribution in [-0.4, -0.2) is 21.5 Å². The van der Waals surface area contributed by atoms with Gasteiger partial charge in [0, 0.05) is 28.5 Å². The monoisotopic (exact) mass is 332 g/mol. The molecule has 0 amide bonds. The van der Waals surface area contributed by atoms with Crippen molar-refractivity contribution >= 4 is 21.7 Å². The molecular weight excluding hydrogens is 316 g/mol. The first-order valence-corrected chi connectivity index (χ1v) is 7.83. The minimum atomic E-state index is 0.719. The van der Waals surface area contributed by atoms with Crippen molar-refractivity contribution in [1.29, 1.82) is 0 Å². The molecule has 0 aromatic carbocycles. The quantitative estimate of drug-likeness (QED) is 0.929. The van der Waals surface area contributed by atoms with Gasteiger partial charge in [0.05, 0.1) is 0 Å². The Balaban J connectivity index is 2.01. The van der Waals surface area contributed by atoms with Gasteiger partial charge in [-0.2, -0.15) is 0 Å². The van der Waals surface area contributed by atoms with E-state index in [-0.39, 0.29) is 0 Å². The lowest BCUT2D eigenvalue weighted by Crippen LogP contribution is -2.08. The first kappa shape index (κ1) is 13.5. The van der Waals surface area contributed by atoms with Crippen molar-refractivity contribution in [2.45, 2.75) is 32.6 Å². The zero-order valence-electron chi connectivity index (χ0n) is 11.5. The second kappa shape index (κ2) is 5.87. The summed E-state index contributed by atoms with van der Waals surface area (Å²) in [5.74, 6) is 1.71. The zero-order chi connectivity index (χ0) is 13.9. The molecule has 104 valence electrons. The lowest BCUT2D eigenvalue weighted by molar-refractivity contribution is 0.899. The SMILES string of the molecule is CCCNc1nc(-c2ccc(Br)cn2)nc2c1CCC2. The fraction of sp³-hybridized carbons (Fsp3) is 0.400. The molecule has 3 rings (SSSR count). The summed E-state index contributed by atoms with van der Waals surface area (Å²) in [6, 6.07) is 3.92. The average Bonchev–Trinajstić information content (AvgIpc) is 2.94. The Hall–Kier alpha value is -1.49. The summed E-state index contributed by atoms with van der Waals surface area (Å²) < 4.78 is 0.965. The Morgan fingerprint density at radius 3 is 2.90 bits per heavy atom. The Bertz CT molecular complexity index is 610. The summed E-state index contributed by atoms with van der Waals surface area (Å²) in [5, 5.41) is 3.43. The zero-order valence-corrected chi connectivity index (χ0v) is 13.1. The lowest BCUT2D eigenvalue weighted by Gasteiger charge is -2.11. The molecule has 0 spiro atoms. The number of aryl methyl sites for hydroxylation is 1. The van der Waals surface area contributed by atoms with Gasteiger partial charge in [-0.15, -0.1) is 0 Å². The van der Waals surface area contributed by atoms with E-state index in [1.54, 1.807) is 6.20 Å². The summed E-state index contributed by atoms with van der Waals surface area (Å²) in [5.41, 5.74) is 3.29. The number of pyridine rings is 1. The van der Waals surface area contributed by atoms with Gasteiger partial charge in [-0.1, -0.05) is 6.92 Å². The van der Waals surface area contributed by atoms with Gasteiger partial charge in [-0.05, 0) is 53.7 Å². The molecule has 0 radical (unpaired) electrons. The molecule has 0 fully saturated rings. The molecular formula is C15H17BrN4. The topological polar surface area (TPSA) is 50.7 Å². The van der Waals surface area contributed by atoms with Crippen molar-refractivity contribution in [2.24, 2.45) is 0 Å². The van der Waals surface area contributed by atoms with Crippen LogP contribution in [0, 0.1) is 0 Å². The molecule has 20 heavy (non-hydrogen) atoms. The fourth-order valence-electron chi connectivity index (χ4n) is 2.44. The molecule has 2 heterocycles. The molecule has 2 aromatic heterocycles. The van der Waals surface area contributed by atoms with Crippen LogP contribution in [0.5, 0.6) is 0 Å². The lowest BCUT2D eigenvalue weighted by atomic mass is 10.2. The number of anilines is 1. The highest BCUT2D eigenvalue weighted by atomic mass is 79.9. The maximum atomic E-state index is 4.69. The van der Waals surface area contributed by atoms with E-state index in [9.17, 15) is 0 Å². The minimum absolute atomic E-state index is 0.719. The van der Waals surface area contributed by atoms with E-state index >= 15 is 0 Å². The maximum absolute atomic E-state index is 4.69. The number of hydrogen-bond acceptors (Lipinski definition) is 4. The van der Waals surface area contributed by atoms with Crippen LogP contribution in [0.3, 0.4) is 0 Å². The van der Waals surface area contributed by atoms with Gasteiger partial charge < -0.3 is 5.32 Å². The highest BCUT2D eigenvalue weighted by molar-refractivity contribution is 9.10. The third-order valence-corrected chi connectivity index (χ3v) is 3.90. The van der Waals surface area contributed by atoms with Gasteiger partial charge >= 0.3 is 0 Å². The number of aromatic nitrogens is 3. The van der Waals surface area contributed by atoms with Crippen LogP contribution in [-0.2, 0) is 12.8 Å². The predicted octanol–water partition coefficient (Wildman–Crippen LogP) is 3.61. The second-order valence-corrected chi connectivity index (χ2v) is 5.88. The molecule has 0 saturated heterocycles. The average molecular weight is 333 g/mol. The van der Waals surface area contributed by atoms with E-state index in [2.05, 4.69) is 38.1 Å². The normalized spacial score (nSPS) is 13.3. The van der Waals surface area contributed by atoms with Crippen molar-refractivity contribution in [3.8, 4) is 11.5 Å². The van der Waals surface area contributed by atoms with E-state index in [0.717, 1.165) is 47.6 Å². The molecule has 1 N–H and O–H groups in total. The number of hydrogen-bond donors (Lipinski definition) is 1. The van der Waals surface area contributed by atoms with Crippen LogP contribution in [0.25, 0.3) is 11.5 Å². The molecule has 0 bridgehead atoms. The standard InChI is InChI=1S/C15H17BrN4/c1-2-8-17-14-11-4-3-5-12(11)19-15(20-14)13-7-6-10(16)9-18-13/h6-7,9H,2-5,8H2,1H3,(H,17,19,20). The largest absolute Gasteiger partial charge is 0.370 e. The van der Waals surface area contributed by atoms with E-state index in [1.165, 1.54) is 17.7 Å². The molecule has 1 aliphatic carbocycles. The van der Waals surface area contributed by atoms with Crippen molar-refractivity contribution in [3.05, 3.63) is 34.1 Å². The number of halogens is 1. The molecule has 4 nitrogen and oxygen atoms in total. The molecule has 1 aliphatic rings. The van der Waals surface area contributed by atoms with E-state index in [0.29, 0.717) is 0 Å². The van der Waals surface area contributed by atoms with E-state index in [4.69, 9.17) is 4.98 Å². The number of nitrogens with one attached hydrogen (secondary N) is 1. The van der Waals surface area contributed by atoms with E-state index < -0.39 is 0 Å². The first-order chi connectivity index (χ1) is 9.78. The van der Waals surface area contributed by atoms with Crippen LogP contribution < -0.4 is 5.32 Å². The Labute approximate surface area is 127 Å². The molecule has 2 aromatic rings. The van der Waals surface area contributed by atoms with Gasteiger partial charge in [0.2, 0.25) is 0 Å². The number of rotatable bonds is 4. The van der Waals surface area contributed by atoms with Gasteiger partial charge in [0.25, 0.3) is 0 Å². The Kier molecular flexibility index (Phi) is 3.96. The van der Waals surface area contributed by atoms with Gasteiger partial charge in [-0.3, -0.25) is 4.98 Å². The summed E-state index contributed by atoms with van der Waals surface area (Å²) in [6.07, 6.45) is 6.16. The van der Waals surface area contributed by atoms with Crippen LogP contribution in [0.2, 0.25) is 0 Å². The fourth-order valence-corrected chi connectivity index (χ4v) is 2.68. The molecule has 0 atom stereocenters. The van der Waals surface area contributed by atoms with Crippen molar-refractivity contribution in [3.63, 3.8) is 0 Å². The molecule has 0 saturated carbocycles. The Morgan fingerprint density at radius 1 is 1.25 bits per heavy atom. The summed E-state index contributed by atoms with van der Waals surface area (Å²) in [4.78, 5) is 13.8.